The highest BCUT2D eigenvalue weighted by molar-refractivity contribution is 8.26. The molecular weight excluding hydrogens is 494 g/mol. The summed E-state index contributed by atoms with van der Waals surface area (Å²) in [6.45, 7) is 1.55. The number of carbonyl (C=O) groups is 2. The molecule has 36 heavy (non-hydrogen) atoms. The Morgan fingerprint density at radius 3 is 2.56 bits per heavy atom. The van der Waals surface area contributed by atoms with E-state index in [-0.39, 0.29) is 23.3 Å². The molecule has 2 aliphatic heterocycles. The lowest BCUT2D eigenvalue weighted by molar-refractivity contribution is -0.123. The number of amides is 2. The lowest BCUT2D eigenvalue weighted by Gasteiger charge is -2.32. The van der Waals surface area contributed by atoms with Gasteiger partial charge in [0.25, 0.3) is 11.5 Å². The van der Waals surface area contributed by atoms with Crippen molar-refractivity contribution in [2.24, 2.45) is 11.7 Å². The van der Waals surface area contributed by atoms with Gasteiger partial charge in [0.15, 0.2) is 0 Å². The predicted molar refractivity (Wildman–Crippen MR) is 146 cm³/mol. The van der Waals surface area contributed by atoms with Gasteiger partial charge in [0.1, 0.15) is 15.8 Å². The van der Waals surface area contributed by atoms with E-state index in [0.717, 1.165) is 5.56 Å². The second kappa shape index (κ2) is 10.2. The molecular formula is C26H25N5O3S2. The van der Waals surface area contributed by atoms with Crippen LogP contribution in [0.25, 0.3) is 11.7 Å². The van der Waals surface area contributed by atoms with Crippen molar-refractivity contribution < 1.29 is 9.59 Å². The number of hydrogen-bond acceptors (Lipinski definition) is 7. The van der Waals surface area contributed by atoms with E-state index in [2.05, 4.69) is 0 Å². The summed E-state index contributed by atoms with van der Waals surface area (Å²) in [7, 11) is 0. The van der Waals surface area contributed by atoms with E-state index >= 15 is 0 Å². The zero-order valence-corrected chi connectivity index (χ0v) is 21.1. The highest BCUT2D eigenvalue weighted by atomic mass is 32.2. The Morgan fingerprint density at radius 1 is 1.11 bits per heavy atom. The van der Waals surface area contributed by atoms with Crippen molar-refractivity contribution in [1.82, 2.24) is 14.3 Å². The maximum atomic E-state index is 13.5. The summed E-state index contributed by atoms with van der Waals surface area (Å²) >= 11 is 6.70. The molecule has 0 unspecified atom stereocenters. The van der Waals surface area contributed by atoms with Gasteiger partial charge in [0, 0.05) is 31.7 Å². The van der Waals surface area contributed by atoms with Gasteiger partial charge in [0.05, 0.1) is 10.5 Å². The molecule has 4 heterocycles. The summed E-state index contributed by atoms with van der Waals surface area (Å²) in [6, 6.07) is 15.3. The van der Waals surface area contributed by atoms with Crippen molar-refractivity contribution in [3.05, 3.63) is 81.1 Å². The second-order valence-electron chi connectivity index (χ2n) is 8.82. The number of hydrogen-bond donors (Lipinski definition) is 1. The Morgan fingerprint density at radius 2 is 1.83 bits per heavy atom. The molecule has 0 bridgehead atoms. The highest BCUT2D eigenvalue weighted by Crippen LogP contribution is 2.34. The Kier molecular flexibility index (Phi) is 6.88. The topological polar surface area (TPSA) is 101 Å². The van der Waals surface area contributed by atoms with Crippen molar-refractivity contribution in [2.75, 3.05) is 24.5 Å². The van der Waals surface area contributed by atoms with Gasteiger partial charge in [-0.1, -0.05) is 60.4 Å². The number of anilines is 1. The molecule has 10 heteroatoms. The summed E-state index contributed by atoms with van der Waals surface area (Å²) in [5, 5.41) is 0. The number of aromatic nitrogens is 2. The average molecular weight is 520 g/mol. The lowest BCUT2D eigenvalue weighted by atomic mass is 9.96. The van der Waals surface area contributed by atoms with E-state index in [4.69, 9.17) is 22.9 Å². The summed E-state index contributed by atoms with van der Waals surface area (Å²) in [6.07, 6.45) is 5.14. The molecule has 184 valence electrons. The Hall–Kier alpha value is -3.50. The number of pyridine rings is 1. The van der Waals surface area contributed by atoms with Crippen molar-refractivity contribution in [3.8, 4) is 0 Å². The van der Waals surface area contributed by atoms with Crippen LogP contribution in [0, 0.1) is 5.92 Å². The molecule has 5 rings (SSSR count). The van der Waals surface area contributed by atoms with Crippen molar-refractivity contribution in [3.63, 3.8) is 0 Å². The molecule has 0 radical (unpaired) electrons. The largest absolute Gasteiger partial charge is 0.369 e. The molecule has 0 saturated carbocycles. The number of thiocarbonyl (C=S) groups is 1. The van der Waals surface area contributed by atoms with Gasteiger partial charge in [-0.15, -0.1) is 0 Å². The van der Waals surface area contributed by atoms with Crippen LogP contribution in [0.3, 0.4) is 0 Å². The molecule has 2 amide bonds. The Bertz CT molecular complexity index is 1430. The van der Waals surface area contributed by atoms with Gasteiger partial charge < -0.3 is 10.6 Å². The molecule has 2 aliphatic rings. The zero-order chi connectivity index (χ0) is 25.2. The number of rotatable bonds is 6. The van der Waals surface area contributed by atoms with E-state index in [0.29, 0.717) is 65.2 Å². The first-order valence-electron chi connectivity index (χ1n) is 11.8. The second-order valence-corrected chi connectivity index (χ2v) is 10.5. The summed E-state index contributed by atoms with van der Waals surface area (Å²) in [4.78, 5) is 47.2. The zero-order valence-electron chi connectivity index (χ0n) is 19.5. The van der Waals surface area contributed by atoms with E-state index in [9.17, 15) is 14.4 Å². The number of fused-ring (bicyclic) bond motifs is 1. The Balaban J connectivity index is 1.48. The minimum atomic E-state index is -0.305. The van der Waals surface area contributed by atoms with Crippen LogP contribution in [0.2, 0.25) is 0 Å². The fourth-order valence-corrected chi connectivity index (χ4v) is 5.83. The predicted octanol–water partition coefficient (Wildman–Crippen LogP) is 2.84. The fourth-order valence-electron chi connectivity index (χ4n) is 4.54. The number of nitrogens with zero attached hydrogens (tertiary/aromatic N) is 4. The monoisotopic (exact) mass is 519 g/mol. The normalized spacial score (nSPS) is 17.9. The number of carbonyl (C=O) groups excluding carboxylic acids is 2. The number of piperidine rings is 1. The van der Waals surface area contributed by atoms with E-state index in [1.807, 2.05) is 41.3 Å². The molecule has 0 aliphatic carbocycles. The van der Waals surface area contributed by atoms with Gasteiger partial charge in [-0.2, -0.15) is 0 Å². The van der Waals surface area contributed by atoms with Gasteiger partial charge >= 0.3 is 0 Å². The molecule has 0 atom stereocenters. The maximum absolute atomic E-state index is 13.5. The minimum Gasteiger partial charge on any atom is -0.369 e. The number of primary amides is 1. The number of thioether (sulfide) groups is 1. The maximum Gasteiger partial charge on any atom is 0.267 e. The first-order chi connectivity index (χ1) is 17.4. The highest BCUT2D eigenvalue weighted by Gasteiger charge is 2.33. The van der Waals surface area contributed by atoms with Crippen LogP contribution in [0.1, 0.15) is 24.0 Å². The van der Waals surface area contributed by atoms with Crippen LogP contribution < -0.4 is 16.2 Å². The third-order valence-corrected chi connectivity index (χ3v) is 7.94. The molecule has 0 spiro atoms. The van der Waals surface area contributed by atoms with Gasteiger partial charge in [-0.3, -0.25) is 23.7 Å². The summed E-state index contributed by atoms with van der Waals surface area (Å²) < 4.78 is 1.95. The Labute approximate surface area is 217 Å². The van der Waals surface area contributed by atoms with Gasteiger partial charge in [-0.25, -0.2) is 4.98 Å². The molecule has 2 saturated heterocycles. The molecule has 2 N–H and O–H groups in total. The van der Waals surface area contributed by atoms with Gasteiger partial charge in [0.2, 0.25) is 5.91 Å². The summed E-state index contributed by atoms with van der Waals surface area (Å²) in [5.74, 6) is -0.201. The quantitative estimate of drug-likeness (QED) is 0.395. The standard InChI is InChI=1S/C26H25N5O3S2/c27-22(32)18-10-13-29(14-11-18)23-19(24(33)30-12-5-4-8-21(30)28-23)16-20-25(34)31(26(35)36-20)15-9-17-6-2-1-3-7-17/h1-8,12,16,18H,9-11,13-15H2,(H2,27,32)/b20-16-. The summed E-state index contributed by atoms with van der Waals surface area (Å²) in [5.41, 5.74) is 7.21. The fraction of sp³-hybridized carbons (Fsp3) is 0.269. The van der Waals surface area contributed by atoms with Crippen LogP contribution in [-0.2, 0) is 16.0 Å². The van der Waals surface area contributed by atoms with Crippen LogP contribution in [0.4, 0.5) is 5.82 Å². The SMILES string of the molecule is NC(=O)C1CCN(c2nc3ccccn3c(=O)c2/C=C2\SC(=S)N(CCc3ccccc3)C2=O)CC1. The van der Waals surface area contributed by atoms with Gasteiger partial charge in [-0.05, 0) is 43.0 Å². The van der Waals surface area contributed by atoms with Crippen molar-refractivity contribution in [1.29, 1.82) is 0 Å². The minimum absolute atomic E-state index is 0.188. The van der Waals surface area contributed by atoms with Crippen LogP contribution in [0.5, 0.6) is 0 Å². The van der Waals surface area contributed by atoms with Crippen LogP contribution in [0.15, 0.2) is 64.4 Å². The first kappa shape index (κ1) is 24.2. The molecule has 2 aromatic heterocycles. The number of benzene rings is 1. The van der Waals surface area contributed by atoms with Crippen molar-refractivity contribution >= 4 is 57.7 Å². The third kappa shape index (κ3) is 4.78. The van der Waals surface area contributed by atoms with E-state index in [1.165, 1.54) is 16.2 Å². The smallest absolute Gasteiger partial charge is 0.267 e. The molecule has 8 nitrogen and oxygen atoms in total. The third-order valence-electron chi connectivity index (χ3n) is 6.56. The van der Waals surface area contributed by atoms with Crippen LogP contribution in [-0.4, -0.2) is 50.1 Å². The van der Waals surface area contributed by atoms with E-state index < -0.39 is 0 Å². The van der Waals surface area contributed by atoms with Crippen molar-refractivity contribution in [2.45, 2.75) is 19.3 Å². The van der Waals surface area contributed by atoms with Crippen LogP contribution >= 0.6 is 24.0 Å². The van der Waals surface area contributed by atoms with E-state index in [1.54, 1.807) is 29.3 Å². The number of nitrogens with two attached hydrogens (primary N) is 1. The first-order valence-corrected chi connectivity index (χ1v) is 13.0. The molecule has 2 fully saturated rings. The lowest BCUT2D eigenvalue weighted by Crippen LogP contribution is -2.40. The average Bonchev–Trinajstić information content (AvgIpc) is 3.16. The molecule has 1 aromatic carbocycles. The molecule has 3 aromatic rings.